The molecule has 136 valence electrons. The summed E-state index contributed by atoms with van der Waals surface area (Å²) in [4.78, 5) is 25.8. The molecule has 1 amide bonds. The van der Waals surface area contributed by atoms with Crippen LogP contribution in [0.5, 0.6) is 5.75 Å². The largest absolute Gasteiger partial charge is 0.483 e. The number of para-hydroxylation sites is 1. The smallest absolute Gasteiger partial charge is 0.308 e. The highest BCUT2D eigenvalue weighted by Crippen LogP contribution is 2.29. The predicted octanol–water partition coefficient (Wildman–Crippen LogP) is 3.14. The van der Waals surface area contributed by atoms with Crippen molar-refractivity contribution in [3.05, 3.63) is 54.6 Å². The number of carbonyl (C=O) groups is 2. The molecule has 1 aliphatic heterocycles. The zero-order valence-corrected chi connectivity index (χ0v) is 14.9. The number of likely N-dealkylation sites (tertiary alicyclic amines) is 1. The van der Waals surface area contributed by atoms with Gasteiger partial charge >= 0.3 is 5.97 Å². The van der Waals surface area contributed by atoms with Gasteiger partial charge in [0.25, 0.3) is 5.91 Å². The van der Waals surface area contributed by atoms with Crippen molar-refractivity contribution in [2.45, 2.75) is 12.8 Å². The van der Waals surface area contributed by atoms with Gasteiger partial charge in [-0.1, -0.05) is 48.5 Å². The van der Waals surface area contributed by atoms with Crippen molar-refractivity contribution >= 4 is 11.9 Å². The number of benzene rings is 2. The van der Waals surface area contributed by atoms with E-state index in [1.54, 1.807) is 4.90 Å². The summed E-state index contributed by atoms with van der Waals surface area (Å²) < 4.78 is 10.6. The minimum atomic E-state index is -0.190. The minimum absolute atomic E-state index is 0.00720. The third-order valence-electron chi connectivity index (χ3n) is 4.71. The Labute approximate surface area is 153 Å². The van der Waals surface area contributed by atoms with E-state index in [0.29, 0.717) is 31.7 Å². The third-order valence-corrected chi connectivity index (χ3v) is 4.71. The lowest BCUT2D eigenvalue weighted by Gasteiger charge is -2.30. The molecule has 2 aromatic carbocycles. The Morgan fingerprint density at radius 1 is 1.00 bits per heavy atom. The van der Waals surface area contributed by atoms with E-state index >= 15 is 0 Å². The van der Waals surface area contributed by atoms with Gasteiger partial charge in [-0.15, -0.1) is 0 Å². The second-order valence-corrected chi connectivity index (χ2v) is 6.33. The number of carbonyl (C=O) groups excluding carboxylic acids is 2. The molecular weight excluding hydrogens is 330 g/mol. The average Bonchev–Trinajstić information content (AvgIpc) is 2.72. The topological polar surface area (TPSA) is 55.8 Å². The number of amides is 1. The van der Waals surface area contributed by atoms with E-state index < -0.39 is 0 Å². The fraction of sp³-hybridized carbons (Fsp3) is 0.333. The van der Waals surface area contributed by atoms with Crippen LogP contribution in [-0.4, -0.2) is 43.6 Å². The molecule has 5 nitrogen and oxygen atoms in total. The van der Waals surface area contributed by atoms with Gasteiger partial charge in [-0.3, -0.25) is 9.59 Å². The van der Waals surface area contributed by atoms with Gasteiger partial charge in [0.15, 0.2) is 6.61 Å². The van der Waals surface area contributed by atoms with Crippen molar-refractivity contribution in [1.29, 1.82) is 0 Å². The molecule has 0 N–H and O–H groups in total. The maximum Gasteiger partial charge on any atom is 0.308 e. The van der Waals surface area contributed by atoms with Gasteiger partial charge in [-0.25, -0.2) is 0 Å². The summed E-state index contributed by atoms with van der Waals surface area (Å²) >= 11 is 0. The highest BCUT2D eigenvalue weighted by Gasteiger charge is 2.28. The fourth-order valence-corrected chi connectivity index (χ4v) is 3.21. The van der Waals surface area contributed by atoms with Gasteiger partial charge < -0.3 is 14.4 Å². The van der Waals surface area contributed by atoms with E-state index in [9.17, 15) is 9.59 Å². The first-order chi connectivity index (χ1) is 12.7. The first-order valence-corrected chi connectivity index (χ1v) is 8.82. The second-order valence-electron chi connectivity index (χ2n) is 6.33. The van der Waals surface area contributed by atoms with E-state index in [1.807, 2.05) is 54.6 Å². The van der Waals surface area contributed by atoms with Gasteiger partial charge in [-0.05, 0) is 24.5 Å². The molecule has 0 bridgehead atoms. The van der Waals surface area contributed by atoms with E-state index in [-0.39, 0.29) is 24.4 Å². The van der Waals surface area contributed by atoms with Crippen molar-refractivity contribution in [2.24, 2.45) is 5.92 Å². The van der Waals surface area contributed by atoms with Crippen molar-refractivity contribution in [1.82, 2.24) is 4.90 Å². The lowest BCUT2D eigenvalue weighted by atomic mass is 9.97. The summed E-state index contributed by atoms with van der Waals surface area (Å²) in [5.74, 6) is 0.335. The molecule has 5 heteroatoms. The Kier molecular flexibility index (Phi) is 5.89. The zero-order valence-electron chi connectivity index (χ0n) is 14.9. The highest BCUT2D eigenvalue weighted by atomic mass is 16.5. The van der Waals surface area contributed by atoms with Crippen LogP contribution >= 0.6 is 0 Å². The number of piperidine rings is 1. The Hall–Kier alpha value is -2.82. The van der Waals surface area contributed by atoms with Gasteiger partial charge in [0.2, 0.25) is 0 Å². The summed E-state index contributed by atoms with van der Waals surface area (Å²) in [6.07, 6.45) is 1.28. The van der Waals surface area contributed by atoms with Crippen LogP contribution in [0.1, 0.15) is 12.8 Å². The molecule has 0 saturated carbocycles. The summed E-state index contributed by atoms with van der Waals surface area (Å²) in [5.41, 5.74) is 2.01. The fourth-order valence-electron chi connectivity index (χ4n) is 3.21. The van der Waals surface area contributed by atoms with E-state index in [0.717, 1.165) is 11.1 Å². The SMILES string of the molecule is COC(=O)C1CCN(C(=O)COc2ccccc2-c2ccccc2)CC1. The van der Waals surface area contributed by atoms with Crippen LogP contribution in [0.25, 0.3) is 11.1 Å². The molecule has 1 heterocycles. The molecule has 0 aromatic heterocycles. The number of ether oxygens (including phenoxy) is 2. The number of rotatable bonds is 5. The molecule has 0 unspecified atom stereocenters. The standard InChI is InChI=1S/C21H23NO4/c1-25-21(24)17-11-13-22(14-12-17)20(23)15-26-19-10-6-5-9-18(19)16-7-3-2-4-8-16/h2-10,17H,11-15H2,1H3. The molecule has 0 atom stereocenters. The molecule has 0 radical (unpaired) electrons. The number of nitrogens with zero attached hydrogens (tertiary/aromatic N) is 1. The van der Waals surface area contributed by atoms with Crippen LogP contribution in [0.4, 0.5) is 0 Å². The van der Waals surface area contributed by atoms with Crippen LogP contribution in [0, 0.1) is 5.92 Å². The van der Waals surface area contributed by atoms with Crippen LogP contribution in [0.2, 0.25) is 0 Å². The Balaban J connectivity index is 1.59. The Morgan fingerprint density at radius 3 is 2.35 bits per heavy atom. The number of hydrogen-bond donors (Lipinski definition) is 0. The average molecular weight is 353 g/mol. The van der Waals surface area contributed by atoms with Crippen molar-refractivity contribution in [3.8, 4) is 16.9 Å². The van der Waals surface area contributed by atoms with E-state index in [1.165, 1.54) is 7.11 Å². The summed E-state index contributed by atoms with van der Waals surface area (Å²) in [6.45, 7) is 1.11. The predicted molar refractivity (Wildman–Crippen MR) is 98.7 cm³/mol. The van der Waals surface area contributed by atoms with Crippen molar-refractivity contribution in [2.75, 3.05) is 26.8 Å². The van der Waals surface area contributed by atoms with Crippen LogP contribution in [0.3, 0.4) is 0 Å². The molecule has 1 saturated heterocycles. The van der Waals surface area contributed by atoms with Crippen molar-refractivity contribution in [3.63, 3.8) is 0 Å². The molecular formula is C21H23NO4. The van der Waals surface area contributed by atoms with E-state index in [4.69, 9.17) is 9.47 Å². The lowest BCUT2D eigenvalue weighted by Crippen LogP contribution is -2.42. The molecule has 2 aromatic rings. The maximum atomic E-state index is 12.5. The van der Waals surface area contributed by atoms with Crippen LogP contribution in [-0.2, 0) is 14.3 Å². The molecule has 0 spiro atoms. The number of hydrogen-bond acceptors (Lipinski definition) is 4. The summed E-state index contributed by atoms with van der Waals surface area (Å²) in [5, 5.41) is 0. The molecule has 1 aliphatic rings. The molecule has 1 fully saturated rings. The maximum absolute atomic E-state index is 12.5. The Morgan fingerprint density at radius 2 is 1.65 bits per heavy atom. The van der Waals surface area contributed by atoms with E-state index in [2.05, 4.69) is 0 Å². The minimum Gasteiger partial charge on any atom is -0.483 e. The van der Waals surface area contributed by atoms with Gasteiger partial charge in [-0.2, -0.15) is 0 Å². The monoisotopic (exact) mass is 353 g/mol. The summed E-state index contributed by atoms with van der Waals surface area (Å²) in [7, 11) is 1.40. The molecule has 26 heavy (non-hydrogen) atoms. The van der Waals surface area contributed by atoms with Gasteiger partial charge in [0.05, 0.1) is 13.0 Å². The van der Waals surface area contributed by atoms with Crippen LogP contribution < -0.4 is 4.74 Å². The molecule has 0 aliphatic carbocycles. The zero-order chi connectivity index (χ0) is 18.4. The first-order valence-electron chi connectivity index (χ1n) is 8.82. The normalized spacial score (nSPS) is 14.7. The van der Waals surface area contributed by atoms with Crippen molar-refractivity contribution < 1.29 is 19.1 Å². The molecule has 3 rings (SSSR count). The first kappa shape index (κ1) is 18.0. The Bertz CT molecular complexity index is 752. The van der Waals surface area contributed by atoms with Gasteiger partial charge in [0.1, 0.15) is 5.75 Å². The third kappa shape index (κ3) is 4.23. The lowest BCUT2D eigenvalue weighted by molar-refractivity contribution is -0.149. The quantitative estimate of drug-likeness (QED) is 0.775. The number of esters is 1. The highest BCUT2D eigenvalue weighted by molar-refractivity contribution is 5.79. The summed E-state index contributed by atoms with van der Waals surface area (Å²) in [6, 6.07) is 17.7. The number of methoxy groups -OCH3 is 1. The van der Waals surface area contributed by atoms with Gasteiger partial charge in [0, 0.05) is 18.7 Å². The van der Waals surface area contributed by atoms with Crippen LogP contribution in [0.15, 0.2) is 54.6 Å². The second kappa shape index (κ2) is 8.52.